The van der Waals surface area contributed by atoms with Crippen molar-refractivity contribution in [3.8, 4) is 5.75 Å². The van der Waals surface area contributed by atoms with Gasteiger partial charge in [0.05, 0.1) is 6.26 Å². The number of nitrogens with zero attached hydrogens (tertiary/aromatic N) is 1. The molecule has 2 aromatic carbocycles. The van der Waals surface area contributed by atoms with E-state index in [1.165, 1.54) is 56.9 Å². The van der Waals surface area contributed by atoms with Gasteiger partial charge in [0.15, 0.2) is 0 Å². The van der Waals surface area contributed by atoms with Crippen LogP contribution in [0.1, 0.15) is 70.8 Å². The number of aliphatic hydroxyl groups is 1. The molecule has 0 saturated heterocycles. The van der Waals surface area contributed by atoms with E-state index in [1.807, 2.05) is 12.1 Å². The Hall–Kier alpha value is -2.66. The quantitative estimate of drug-likeness (QED) is 0.154. The summed E-state index contributed by atoms with van der Waals surface area (Å²) in [6.07, 6.45) is 11.0. The number of benzene rings is 2. The Morgan fingerprint density at radius 3 is 2.09 bits per heavy atom. The Morgan fingerprint density at radius 1 is 0.906 bits per heavy atom. The molecule has 5 nitrogen and oxygen atoms in total. The Morgan fingerprint density at radius 2 is 1.50 bits per heavy atom. The van der Waals surface area contributed by atoms with Crippen LogP contribution in [-0.4, -0.2) is 28.2 Å². The van der Waals surface area contributed by atoms with Crippen LogP contribution in [0.5, 0.6) is 5.75 Å². The van der Waals surface area contributed by atoms with E-state index in [0.717, 1.165) is 47.9 Å². The van der Waals surface area contributed by atoms with Crippen LogP contribution in [0.4, 0.5) is 5.69 Å². The van der Waals surface area contributed by atoms with Gasteiger partial charge < -0.3 is 20.4 Å². The van der Waals surface area contributed by atoms with Gasteiger partial charge in [0, 0.05) is 35.1 Å². The fourth-order valence-electron chi connectivity index (χ4n) is 4.04. The minimum Gasteiger partial charge on any atom is -0.516 e. The average Bonchev–Trinajstić information content (AvgIpc) is 3.10. The number of aromatic hydroxyl groups is 1. The van der Waals surface area contributed by atoms with Crippen molar-refractivity contribution in [2.24, 2.45) is 0 Å². The molecule has 0 spiro atoms. The molecule has 3 aromatic rings. The molecule has 32 heavy (non-hydrogen) atoms. The molecule has 0 amide bonds. The molecule has 5 heteroatoms. The zero-order chi connectivity index (χ0) is 23.3. The van der Waals surface area contributed by atoms with Crippen LogP contribution < -0.4 is 5.73 Å². The molecule has 0 saturated carbocycles. The second-order valence-corrected chi connectivity index (χ2v) is 8.41. The van der Waals surface area contributed by atoms with Gasteiger partial charge in [0.1, 0.15) is 16.9 Å². The van der Waals surface area contributed by atoms with Gasteiger partial charge in [0.2, 0.25) is 0 Å². The number of nitrogen functional groups attached to an aromatic ring is 1. The molecule has 0 unspecified atom stereocenters. The summed E-state index contributed by atoms with van der Waals surface area (Å²) < 4.78 is 5.90. The Balaban J connectivity index is 0.00000114. The second-order valence-electron chi connectivity index (χ2n) is 8.41. The van der Waals surface area contributed by atoms with E-state index in [4.69, 9.17) is 15.3 Å². The van der Waals surface area contributed by atoms with Crippen molar-refractivity contribution in [1.82, 2.24) is 4.90 Å². The minimum atomic E-state index is 0.218. The molecule has 176 valence electrons. The molecule has 1 heterocycles. The van der Waals surface area contributed by atoms with E-state index in [9.17, 15) is 5.11 Å². The topological polar surface area (TPSA) is 82.9 Å². The molecule has 0 aliphatic carbocycles. The van der Waals surface area contributed by atoms with E-state index in [-0.39, 0.29) is 5.75 Å². The first kappa shape index (κ1) is 25.6. The summed E-state index contributed by atoms with van der Waals surface area (Å²) in [4.78, 5) is 2.57. The Kier molecular flexibility index (Phi) is 10.9. The fourth-order valence-corrected chi connectivity index (χ4v) is 4.04. The number of furan rings is 1. The molecule has 1 aromatic heterocycles. The van der Waals surface area contributed by atoms with E-state index in [2.05, 4.69) is 31.4 Å². The van der Waals surface area contributed by atoms with Gasteiger partial charge >= 0.3 is 0 Å². The fraction of sp³-hybridized carbons (Fsp3) is 0.481. The molecule has 0 bridgehead atoms. The maximum atomic E-state index is 9.73. The van der Waals surface area contributed by atoms with E-state index in [0.29, 0.717) is 5.58 Å². The van der Waals surface area contributed by atoms with Gasteiger partial charge in [-0.3, -0.25) is 4.90 Å². The van der Waals surface area contributed by atoms with Gasteiger partial charge in [-0.05, 0) is 49.7 Å². The van der Waals surface area contributed by atoms with Crippen LogP contribution >= 0.6 is 0 Å². The maximum absolute atomic E-state index is 9.73. The van der Waals surface area contributed by atoms with Gasteiger partial charge in [0.25, 0.3) is 0 Å². The van der Waals surface area contributed by atoms with E-state index >= 15 is 0 Å². The van der Waals surface area contributed by atoms with Gasteiger partial charge in [-0.1, -0.05) is 59.0 Å². The predicted octanol–water partition coefficient (Wildman–Crippen LogP) is 7.52. The van der Waals surface area contributed by atoms with Crippen LogP contribution in [0.2, 0.25) is 0 Å². The third kappa shape index (κ3) is 7.49. The first-order valence-corrected chi connectivity index (χ1v) is 11.9. The third-order valence-corrected chi connectivity index (χ3v) is 5.77. The number of fused-ring (bicyclic) bond motifs is 3. The van der Waals surface area contributed by atoms with Gasteiger partial charge in [-0.2, -0.15) is 0 Å². The van der Waals surface area contributed by atoms with Crippen LogP contribution in [0.15, 0.2) is 47.6 Å². The molecule has 0 aliphatic rings. The summed E-state index contributed by atoms with van der Waals surface area (Å²) in [7, 11) is 0. The smallest absolute Gasteiger partial charge is 0.139 e. The summed E-state index contributed by atoms with van der Waals surface area (Å²) >= 11 is 0. The highest BCUT2D eigenvalue weighted by molar-refractivity contribution is 6.06. The number of unbranched alkanes of at least 4 members (excludes halogenated alkanes) is 6. The number of nitrogens with two attached hydrogens (primary N) is 1. The van der Waals surface area contributed by atoms with E-state index < -0.39 is 0 Å². The first-order chi connectivity index (χ1) is 15.5. The molecule has 0 fully saturated rings. The molecule has 0 aliphatic heterocycles. The average molecular weight is 441 g/mol. The van der Waals surface area contributed by atoms with Gasteiger partial charge in [-0.15, -0.1) is 0 Å². The lowest BCUT2D eigenvalue weighted by Gasteiger charge is -2.23. The molecular formula is C27H40N2O3. The summed E-state index contributed by atoms with van der Waals surface area (Å²) in [5, 5.41) is 19.2. The van der Waals surface area contributed by atoms with Crippen molar-refractivity contribution in [2.45, 2.75) is 71.8 Å². The lowest BCUT2D eigenvalue weighted by molar-refractivity contribution is 0.253. The van der Waals surface area contributed by atoms with Crippen molar-refractivity contribution < 1.29 is 14.6 Å². The molecule has 3 rings (SSSR count). The standard InChI is InChI=1S/C25H36N2O2.C2H4O/c1-3-5-7-9-13-27(14-10-8-6-4-2)18-19-15-22-21-12-11-20(28)16-24(21)29-25(22)17-23(19)26;1-2-3/h11-12,15-17,28H,3-10,13-14,18,26H2,1-2H3;2-3H,1H2. The predicted molar refractivity (Wildman–Crippen MR) is 136 cm³/mol. The second kappa shape index (κ2) is 13.7. The number of hydrogen-bond donors (Lipinski definition) is 3. The van der Waals surface area contributed by atoms with Crippen LogP contribution in [0.3, 0.4) is 0 Å². The van der Waals surface area contributed by atoms with Crippen molar-refractivity contribution in [3.63, 3.8) is 0 Å². The van der Waals surface area contributed by atoms with Crippen LogP contribution in [-0.2, 0) is 6.54 Å². The zero-order valence-electron chi connectivity index (χ0n) is 19.8. The SMILES string of the molecule is C=CO.CCCCCCN(CCCCCC)Cc1cc2c(cc1N)oc1cc(O)ccc12. The monoisotopic (exact) mass is 440 g/mol. The van der Waals surface area contributed by atoms with Crippen molar-refractivity contribution in [2.75, 3.05) is 18.8 Å². The van der Waals surface area contributed by atoms with E-state index in [1.54, 1.807) is 12.1 Å². The third-order valence-electron chi connectivity index (χ3n) is 5.77. The van der Waals surface area contributed by atoms with Crippen LogP contribution in [0.25, 0.3) is 21.9 Å². The number of rotatable bonds is 12. The molecule has 0 atom stereocenters. The number of phenolic OH excluding ortho intramolecular Hbond substituents is 1. The van der Waals surface area contributed by atoms with Crippen LogP contribution in [0, 0.1) is 0 Å². The summed E-state index contributed by atoms with van der Waals surface area (Å²) in [6.45, 7) is 10.6. The highest BCUT2D eigenvalue weighted by atomic mass is 16.3. The number of phenols is 1. The number of anilines is 1. The molecule has 0 radical (unpaired) electrons. The zero-order valence-corrected chi connectivity index (χ0v) is 19.8. The lowest BCUT2D eigenvalue weighted by Crippen LogP contribution is -2.26. The minimum absolute atomic E-state index is 0.218. The highest BCUT2D eigenvalue weighted by Crippen LogP contribution is 2.34. The summed E-state index contributed by atoms with van der Waals surface area (Å²) in [5.74, 6) is 0.218. The lowest BCUT2D eigenvalue weighted by atomic mass is 10.1. The number of aliphatic hydroxyl groups excluding tert-OH is 1. The van der Waals surface area contributed by atoms with Crippen molar-refractivity contribution >= 4 is 27.6 Å². The largest absolute Gasteiger partial charge is 0.516 e. The van der Waals surface area contributed by atoms with Crippen molar-refractivity contribution in [1.29, 1.82) is 0 Å². The van der Waals surface area contributed by atoms with Crippen molar-refractivity contribution in [3.05, 3.63) is 48.7 Å². The Bertz CT molecular complexity index is 952. The Labute approximate surface area is 192 Å². The highest BCUT2D eigenvalue weighted by Gasteiger charge is 2.14. The maximum Gasteiger partial charge on any atom is 0.139 e. The molecule has 4 N–H and O–H groups in total. The van der Waals surface area contributed by atoms with Gasteiger partial charge in [-0.25, -0.2) is 0 Å². The first-order valence-electron chi connectivity index (χ1n) is 11.9. The summed E-state index contributed by atoms with van der Waals surface area (Å²) in [5.41, 5.74) is 9.84. The number of hydrogen-bond acceptors (Lipinski definition) is 5. The normalized spacial score (nSPS) is 11.1. The summed E-state index contributed by atoms with van der Waals surface area (Å²) in [6, 6.07) is 9.41. The molecular weight excluding hydrogens is 400 g/mol.